The largest absolute Gasteiger partial charge is 0.350 e. The zero-order valence-electron chi connectivity index (χ0n) is 10.5. The zero-order valence-corrected chi connectivity index (χ0v) is 11.3. The van der Waals surface area contributed by atoms with Gasteiger partial charge < -0.3 is 10.6 Å². The maximum Gasteiger partial charge on any atom is 0.239 e. The van der Waals surface area contributed by atoms with Gasteiger partial charge in [0.25, 0.3) is 0 Å². The highest BCUT2D eigenvalue weighted by atomic mass is 35.5. The van der Waals surface area contributed by atoms with Crippen molar-refractivity contribution in [1.29, 1.82) is 0 Å². The second-order valence-corrected chi connectivity index (χ2v) is 4.38. The van der Waals surface area contributed by atoms with Crippen LogP contribution in [-0.4, -0.2) is 24.2 Å². The quantitative estimate of drug-likeness (QED) is 0.791. The predicted octanol–water partition coefficient (Wildman–Crippen LogP) is 1.27. The number of hydrogen-bond donors (Lipinski definition) is 2. The fourth-order valence-corrected chi connectivity index (χ4v) is 1.57. The summed E-state index contributed by atoms with van der Waals surface area (Å²) in [4.78, 5) is 22.3. The molecule has 0 spiro atoms. The number of carbonyl (C=O) groups excluding carboxylic acids is 2. The van der Waals surface area contributed by atoms with Crippen LogP contribution in [0.25, 0.3) is 0 Å². The first-order chi connectivity index (χ1) is 8.52. The van der Waals surface area contributed by atoms with Crippen LogP contribution >= 0.6 is 11.6 Å². The summed E-state index contributed by atoms with van der Waals surface area (Å²) >= 11 is 5.30. The second-order valence-electron chi connectivity index (χ2n) is 4.12. The Morgan fingerprint density at radius 1 is 1.17 bits per heavy atom. The molecule has 0 atom stereocenters. The highest BCUT2D eigenvalue weighted by Gasteiger charge is 2.05. The fourth-order valence-electron chi connectivity index (χ4n) is 1.47. The van der Waals surface area contributed by atoms with Crippen LogP contribution in [-0.2, 0) is 16.1 Å². The minimum absolute atomic E-state index is 0.0452. The molecule has 2 amide bonds. The van der Waals surface area contributed by atoms with E-state index in [0.717, 1.165) is 16.7 Å². The number of aryl methyl sites for hydroxylation is 2. The van der Waals surface area contributed by atoms with Gasteiger partial charge in [0, 0.05) is 6.54 Å². The maximum absolute atomic E-state index is 11.5. The van der Waals surface area contributed by atoms with E-state index in [-0.39, 0.29) is 24.2 Å². The average Bonchev–Trinajstić information content (AvgIpc) is 2.36. The molecule has 18 heavy (non-hydrogen) atoms. The van der Waals surface area contributed by atoms with Gasteiger partial charge >= 0.3 is 0 Å². The molecule has 0 fully saturated rings. The number of nitrogens with one attached hydrogen (secondary N) is 2. The lowest BCUT2D eigenvalue weighted by Gasteiger charge is -2.09. The van der Waals surface area contributed by atoms with Gasteiger partial charge in [-0.1, -0.05) is 23.8 Å². The summed E-state index contributed by atoms with van der Waals surface area (Å²) in [6, 6.07) is 6.08. The van der Waals surface area contributed by atoms with Crippen LogP contribution in [0.15, 0.2) is 18.2 Å². The van der Waals surface area contributed by atoms with Gasteiger partial charge in [-0.2, -0.15) is 0 Å². The SMILES string of the molecule is Cc1ccc(C)c(CNC(=O)CNC(=O)CCl)c1. The van der Waals surface area contributed by atoms with Crippen LogP contribution in [0.2, 0.25) is 0 Å². The third-order valence-electron chi connectivity index (χ3n) is 2.55. The van der Waals surface area contributed by atoms with Gasteiger partial charge in [-0.25, -0.2) is 0 Å². The van der Waals surface area contributed by atoms with E-state index >= 15 is 0 Å². The Bertz CT molecular complexity index is 447. The highest BCUT2D eigenvalue weighted by Crippen LogP contribution is 2.09. The first kappa shape index (κ1) is 14.5. The topological polar surface area (TPSA) is 58.2 Å². The van der Waals surface area contributed by atoms with Crippen molar-refractivity contribution < 1.29 is 9.59 Å². The summed E-state index contributed by atoms with van der Waals surface area (Å²) in [6.07, 6.45) is 0. The summed E-state index contributed by atoms with van der Waals surface area (Å²) < 4.78 is 0. The number of carbonyl (C=O) groups is 2. The molecule has 1 aromatic rings. The summed E-state index contributed by atoms with van der Waals surface area (Å²) in [6.45, 7) is 4.42. The molecule has 0 saturated carbocycles. The second kappa shape index (κ2) is 7.01. The van der Waals surface area contributed by atoms with Crippen LogP contribution in [0, 0.1) is 13.8 Å². The van der Waals surface area contributed by atoms with Crippen molar-refractivity contribution in [3.63, 3.8) is 0 Å². The van der Waals surface area contributed by atoms with Crippen LogP contribution in [0.4, 0.5) is 0 Å². The molecule has 0 aliphatic heterocycles. The first-order valence-electron chi connectivity index (χ1n) is 5.68. The molecule has 1 rings (SSSR count). The molecule has 0 bridgehead atoms. The summed E-state index contributed by atoms with van der Waals surface area (Å²) in [5.41, 5.74) is 3.36. The van der Waals surface area contributed by atoms with Crippen molar-refractivity contribution in [3.8, 4) is 0 Å². The minimum Gasteiger partial charge on any atom is -0.350 e. The Kier molecular flexibility index (Phi) is 5.65. The molecule has 0 aliphatic carbocycles. The fraction of sp³-hybridized carbons (Fsp3) is 0.385. The Morgan fingerprint density at radius 2 is 1.89 bits per heavy atom. The summed E-state index contributed by atoms with van der Waals surface area (Å²) in [5.74, 6) is -0.711. The van der Waals surface area contributed by atoms with E-state index in [2.05, 4.69) is 10.6 Å². The molecule has 0 unspecified atom stereocenters. The number of hydrogen-bond acceptors (Lipinski definition) is 2. The molecule has 0 saturated heterocycles. The third kappa shape index (κ3) is 4.75. The Labute approximate surface area is 112 Å². The van der Waals surface area contributed by atoms with E-state index < -0.39 is 0 Å². The van der Waals surface area contributed by atoms with Gasteiger partial charge in [0.05, 0.1) is 6.54 Å². The maximum atomic E-state index is 11.5. The molecule has 0 aliphatic rings. The molecular formula is C13H17ClN2O2. The van der Waals surface area contributed by atoms with Gasteiger partial charge in [-0.3, -0.25) is 9.59 Å². The molecular weight excluding hydrogens is 252 g/mol. The molecule has 98 valence electrons. The summed E-state index contributed by atoms with van der Waals surface area (Å²) in [5, 5.41) is 5.16. The number of halogens is 1. The third-order valence-corrected chi connectivity index (χ3v) is 2.79. The van der Waals surface area contributed by atoms with Crippen molar-refractivity contribution in [2.75, 3.05) is 12.4 Å². The Balaban J connectivity index is 2.42. The standard InChI is InChI=1S/C13H17ClN2O2/c1-9-3-4-10(2)11(5-9)7-15-13(18)8-16-12(17)6-14/h3-5H,6-8H2,1-2H3,(H,15,18)(H,16,17). The first-order valence-corrected chi connectivity index (χ1v) is 6.22. The zero-order chi connectivity index (χ0) is 13.5. The molecule has 0 aromatic heterocycles. The van der Waals surface area contributed by atoms with Crippen molar-refractivity contribution in [3.05, 3.63) is 34.9 Å². The van der Waals surface area contributed by atoms with Crippen molar-refractivity contribution in [2.45, 2.75) is 20.4 Å². The lowest BCUT2D eigenvalue weighted by molar-refractivity contribution is -0.124. The monoisotopic (exact) mass is 268 g/mol. The number of rotatable bonds is 5. The van der Waals surface area contributed by atoms with Gasteiger partial charge in [0.15, 0.2) is 0 Å². The van der Waals surface area contributed by atoms with Gasteiger partial charge in [-0.15, -0.1) is 11.6 Å². The van der Waals surface area contributed by atoms with Crippen molar-refractivity contribution in [1.82, 2.24) is 10.6 Å². The van der Waals surface area contributed by atoms with Crippen LogP contribution in [0.5, 0.6) is 0 Å². The van der Waals surface area contributed by atoms with Gasteiger partial charge in [0.2, 0.25) is 11.8 Å². The lowest BCUT2D eigenvalue weighted by Crippen LogP contribution is -2.37. The number of amides is 2. The van der Waals surface area contributed by atoms with Gasteiger partial charge in [0.1, 0.15) is 5.88 Å². The predicted molar refractivity (Wildman–Crippen MR) is 71.5 cm³/mol. The van der Waals surface area contributed by atoms with E-state index in [1.54, 1.807) is 0 Å². The van der Waals surface area contributed by atoms with Crippen molar-refractivity contribution >= 4 is 23.4 Å². The molecule has 2 N–H and O–H groups in total. The van der Waals surface area contributed by atoms with Gasteiger partial charge in [-0.05, 0) is 25.0 Å². The number of alkyl halides is 1. The van der Waals surface area contributed by atoms with Crippen LogP contribution in [0.1, 0.15) is 16.7 Å². The molecule has 4 nitrogen and oxygen atoms in total. The van der Waals surface area contributed by atoms with E-state index in [1.807, 2.05) is 32.0 Å². The molecule has 0 heterocycles. The van der Waals surface area contributed by atoms with Crippen LogP contribution in [0.3, 0.4) is 0 Å². The molecule has 5 heteroatoms. The Hall–Kier alpha value is -1.55. The van der Waals surface area contributed by atoms with Crippen molar-refractivity contribution in [2.24, 2.45) is 0 Å². The van der Waals surface area contributed by atoms with E-state index in [1.165, 1.54) is 0 Å². The van der Waals surface area contributed by atoms with E-state index in [9.17, 15) is 9.59 Å². The minimum atomic E-state index is -0.349. The molecule has 0 radical (unpaired) electrons. The molecule has 1 aromatic carbocycles. The van der Waals surface area contributed by atoms with E-state index in [4.69, 9.17) is 11.6 Å². The number of benzene rings is 1. The average molecular weight is 269 g/mol. The summed E-state index contributed by atoms with van der Waals surface area (Å²) in [7, 11) is 0. The Morgan fingerprint density at radius 3 is 2.56 bits per heavy atom. The smallest absolute Gasteiger partial charge is 0.239 e. The van der Waals surface area contributed by atoms with E-state index in [0.29, 0.717) is 6.54 Å². The lowest BCUT2D eigenvalue weighted by atomic mass is 10.1. The highest BCUT2D eigenvalue weighted by molar-refractivity contribution is 6.27. The van der Waals surface area contributed by atoms with Crippen LogP contribution < -0.4 is 10.6 Å². The normalized spacial score (nSPS) is 9.94.